The molecule has 6 nitrogen and oxygen atoms in total. The third kappa shape index (κ3) is 1.70. The average molecular weight is 248 g/mol. The second kappa shape index (κ2) is 3.70. The molecule has 7 heteroatoms. The standard InChI is InChI=1S/C10H8N4O2S/c1-14-4-2-6(12-14)9-11-10(16-13-9)8-7(15)3-5-17-8/h2-5,15H,1H3. The molecule has 0 spiro atoms. The van der Waals surface area contributed by atoms with Gasteiger partial charge in [0.25, 0.3) is 5.89 Å². The van der Waals surface area contributed by atoms with Crippen LogP contribution in [0.1, 0.15) is 0 Å². The average Bonchev–Trinajstić information content (AvgIpc) is 2.97. The van der Waals surface area contributed by atoms with Crippen LogP contribution >= 0.6 is 11.3 Å². The molecular weight excluding hydrogens is 240 g/mol. The number of nitrogens with zero attached hydrogens (tertiary/aromatic N) is 4. The van der Waals surface area contributed by atoms with Crippen LogP contribution in [-0.4, -0.2) is 25.0 Å². The molecule has 0 saturated heterocycles. The minimum atomic E-state index is 0.145. The van der Waals surface area contributed by atoms with E-state index in [1.54, 1.807) is 28.4 Å². The van der Waals surface area contributed by atoms with E-state index >= 15 is 0 Å². The maximum absolute atomic E-state index is 9.55. The van der Waals surface area contributed by atoms with Gasteiger partial charge in [0.15, 0.2) is 0 Å². The highest BCUT2D eigenvalue weighted by atomic mass is 32.1. The highest BCUT2D eigenvalue weighted by Crippen LogP contribution is 2.33. The molecule has 17 heavy (non-hydrogen) atoms. The molecule has 0 radical (unpaired) electrons. The van der Waals surface area contributed by atoms with Crippen LogP contribution in [-0.2, 0) is 7.05 Å². The summed E-state index contributed by atoms with van der Waals surface area (Å²) in [6, 6.07) is 3.38. The van der Waals surface area contributed by atoms with Crippen LogP contribution in [0, 0.1) is 0 Å². The molecule has 0 unspecified atom stereocenters. The van der Waals surface area contributed by atoms with Gasteiger partial charge in [-0.2, -0.15) is 10.1 Å². The Morgan fingerprint density at radius 3 is 2.94 bits per heavy atom. The van der Waals surface area contributed by atoms with Gasteiger partial charge in [-0.25, -0.2) is 0 Å². The SMILES string of the molecule is Cn1ccc(-c2noc(-c3sccc3O)n2)n1. The van der Waals surface area contributed by atoms with Gasteiger partial charge >= 0.3 is 0 Å². The maximum Gasteiger partial charge on any atom is 0.272 e. The Labute approximate surface area is 100 Å². The van der Waals surface area contributed by atoms with Crippen molar-refractivity contribution in [2.75, 3.05) is 0 Å². The van der Waals surface area contributed by atoms with E-state index in [1.165, 1.54) is 11.3 Å². The molecule has 0 bridgehead atoms. The van der Waals surface area contributed by atoms with Gasteiger partial charge in [-0.15, -0.1) is 11.3 Å². The highest BCUT2D eigenvalue weighted by molar-refractivity contribution is 7.13. The van der Waals surface area contributed by atoms with Crippen LogP contribution < -0.4 is 0 Å². The van der Waals surface area contributed by atoms with Gasteiger partial charge in [0, 0.05) is 13.2 Å². The fraction of sp³-hybridized carbons (Fsp3) is 0.100. The lowest BCUT2D eigenvalue weighted by Crippen LogP contribution is -1.88. The molecule has 0 atom stereocenters. The fourth-order valence-electron chi connectivity index (χ4n) is 1.42. The Bertz CT molecular complexity index is 655. The van der Waals surface area contributed by atoms with Gasteiger partial charge in [-0.3, -0.25) is 4.68 Å². The predicted molar refractivity (Wildman–Crippen MR) is 61.5 cm³/mol. The Hall–Kier alpha value is -2.15. The molecule has 0 fully saturated rings. The predicted octanol–water partition coefficient (Wildman–Crippen LogP) is 1.90. The number of rotatable bonds is 2. The summed E-state index contributed by atoms with van der Waals surface area (Å²) in [6.45, 7) is 0. The van der Waals surface area contributed by atoms with Crippen LogP contribution in [0.3, 0.4) is 0 Å². The molecular formula is C10H8N4O2S. The van der Waals surface area contributed by atoms with Gasteiger partial charge in [0.05, 0.1) is 0 Å². The maximum atomic E-state index is 9.55. The highest BCUT2D eigenvalue weighted by Gasteiger charge is 2.16. The molecule has 3 aromatic heterocycles. The number of hydrogen-bond donors (Lipinski definition) is 1. The van der Waals surface area contributed by atoms with Crippen molar-refractivity contribution < 1.29 is 9.63 Å². The second-order valence-corrected chi connectivity index (χ2v) is 4.35. The van der Waals surface area contributed by atoms with E-state index in [0.29, 0.717) is 22.3 Å². The van der Waals surface area contributed by atoms with Crippen molar-refractivity contribution >= 4 is 11.3 Å². The first-order valence-corrected chi connectivity index (χ1v) is 5.72. The Morgan fingerprint density at radius 1 is 1.41 bits per heavy atom. The van der Waals surface area contributed by atoms with Crippen molar-refractivity contribution in [3.63, 3.8) is 0 Å². The van der Waals surface area contributed by atoms with E-state index in [0.717, 1.165) is 0 Å². The van der Waals surface area contributed by atoms with Crippen LogP contribution in [0.25, 0.3) is 22.3 Å². The number of aromatic nitrogens is 4. The van der Waals surface area contributed by atoms with Gasteiger partial charge in [-0.05, 0) is 17.5 Å². The smallest absolute Gasteiger partial charge is 0.272 e. The zero-order chi connectivity index (χ0) is 11.8. The first kappa shape index (κ1) is 10.0. The van der Waals surface area contributed by atoms with E-state index in [4.69, 9.17) is 4.52 Å². The fourth-order valence-corrected chi connectivity index (χ4v) is 2.12. The molecule has 0 saturated carbocycles. The van der Waals surface area contributed by atoms with E-state index in [9.17, 15) is 5.11 Å². The lowest BCUT2D eigenvalue weighted by atomic mass is 10.4. The van der Waals surface area contributed by atoms with Gasteiger partial charge < -0.3 is 9.63 Å². The van der Waals surface area contributed by atoms with Crippen molar-refractivity contribution in [3.05, 3.63) is 23.7 Å². The van der Waals surface area contributed by atoms with Crippen molar-refractivity contribution in [1.29, 1.82) is 0 Å². The molecule has 1 N–H and O–H groups in total. The first-order chi connectivity index (χ1) is 8.24. The molecule has 0 aliphatic rings. The largest absolute Gasteiger partial charge is 0.506 e. The van der Waals surface area contributed by atoms with E-state index < -0.39 is 0 Å². The van der Waals surface area contributed by atoms with E-state index in [2.05, 4.69) is 15.2 Å². The summed E-state index contributed by atoms with van der Waals surface area (Å²) in [4.78, 5) is 4.76. The Kier molecular flexibility index (Phi) is 2.19. The van der Waals surface area contributed by atoms with Crippen molar-refractivity contribution in [3.8, 4) is 28.0 Å². The molecule has 86 valence electrons. The van der Waals surface area contributed by atoms with Crippen LogP contribution in [0.15, 0.2) is 28.2 Å². The van der Waals surface area contributed by atoms with Crippen LogP contribution in [0.4, 0.5) is 0 Å². The van der Waals surface area contributed by atoms with Gasteiger partial charge in [0.1, 0.15) is 16.3 Å². The van der Waals surface area contributed by atoms with Crippen LogP contribution in [0.5, 0.6) is 5.75 Å². The molecule has 0 amide bonds. The number of hydrogen-bond acceptors (Lipinski definition) is 6. The van der Waals surface area contributed by atoms with Crippen molar-refractivity contribution in [1.82, 2.24) is 19.9 Å². The van der Waals surface area contributed by atoms with Crippen molar-refractivity contribution in [2.24, 2.45) is 7.05 Å². The third-order valence-electron chi connectivity index (χ3n) is 2.21. The van der Waals surface area contributed by atoms with Gasteiger partial charge in [0.2, 0.25) is 5.82 Å². The molecule has 0 aliphatic heterocycles. The summed E-state index contributed by atoms with van der Waals surface area (Å²) in [5.74, 6) is 0.859. The Balaban J connectivity index is 2.01. The van der Waals surface area contributed by atoms with Crippen LogP contribution in [0.2, 0.25) is 0 Å². The van der Waals surface area contributed by atoms with Gasteiger partial charge in [-0.1, -0.05) is 5.16 Å². The first-order valence-electron chi connectivity index (χ1n) is 4.84. The molecule has 3 rings (SSSR count). The van der Waals surface area contributed by atoms with E-state index in [-0.39, 0.29) is 5.75 Å². The zero-order valence-corrected chi connectivity index (χ0v) is 9.68. The monoisotopic (exact) mass is 248 g/mol. The van der Waals surface area contributed by atoms with E-state index in [1.807, 2.05) is 7.05 Å². The normalized spacial score (nSPS) is 10.9. The molecule has 3 heterocycles. The molecule has 0 aromatic carbocycles. The number of aryl methyl sites for hydroxylation is 1. The molecule has 3 aromatic rings. The minimum Gasteiger partial charge on any atom is -0.506 e. The topological polar surface area (TPSA) is 77.0 Å². The number of thiophene rings is 1. The third-order valence-corrected chi connectivity index (χ3v) is 3.10. The quantitative estimate of drug-likeness (QED) is 0.749. The summed E-state index contributed by atoms with van der Waals surface area (Å²) in [5.41, 5.74) is 0.638. The zero-order valence-electron chi connectivity index (χ0n) is 8.86. The lowest BCUT2D eigenvalue weighted by molar-refractivity contribution is 0.427. The summed E-state index contributed by atoms with van der Waals surface area (Å²) in [7, 11) is 1.82. The minimum absolute atomic E-state index is 0.145. The lowest BCUT2D eigenvalue weighted by Gasteiger charge is -1.87. The summed E-state index contributed by atoms with van der Waals surface area (Å²) < 4.78 is 6.75. The molecule has 0 aliphatic carbocycles. The van der Waals surface area contributed by atoms with Crippen molar-refractivity contribution in [2.45, 2.75) is 0 Å². The summed E-state index contributed by atoms with van der Waals surface area (Å²) >= 11 is 1.34. The number of aromatic hydroxyl groups is 1. The summed E-state index contributed by atoms with van der Waals surface area (Å²) in [5, 5.41) is 19.3. The second-order valence-electron chi connectivity index (χ2n) is 3.43. The summed E-state index contributed by atoms with van der Waals surface area (Å²) in [6.07, 6.45) is 1.80. The Morgan fingerprint density at radius 2 is 2.29 bits per heavy atom.